The standard InChI is InChI=1S/C10H19N3O/c1-8(11)9(14)13-6-3-10(4-7-13)2-5-12-10/h8,12H,2-7,11H2,1H3. The zero-order chi connectivity index (χ0) is 10.2. The molecule has 80 valence electrons. The monoisotopic (exact) mass is 197 g/mol. The molecule has 2 aliphatic rings. The zero-order valence-corrected chi connectivity index (χ0v) is 8.75. The number of carbonyl (C=O) groups excluding carboxylic acids is 1. The van der Waals surface area contributed by atoms with Gasteiger partial charge in [-0.15, -0.1) is 0 Å². The van der Waals surface area contributed by atoms with Gasteiger partial charge in [0.15, 0.2) is 0 Å². The van der Waals surface area contributed by atoms with Gasteiger partial charge in [0.2, 0.25) is 5.91 Å². The van der Waals surface area contributed by atoms with Crippen LogP contribution in [-0.4, -0.2) is 42.0 Å². The minimum absolute atomic E-state index is 0.0965. The van der Waals surface area contributed by atoms with Gasteiger partial charge in [0, 0.05) is 18.6 Å². The third kappa shape index (κ3) is 1.64. The quantitative estimate of drug-likeness (QED) is 0.606. The maximum atomic E-state index is 11.6. The summed E-state index contributed by atoms with van der Waals surface area (Å²) in [5.41, 5.74) is 5.94. The number of hydrogen-bond donors (Lipinski definition) is 2. The van der Waals surface area contributed by atoms with E-state index in [1.807, 2.05) is 4.90 Å². The molecular formula is C10H19N3O. The van der Waals surface area contributed by atoms with Crippen LogP contribution in [0.1, 0.15) is 26.2 Å². The first-order chi connectivity index (χ1) is 6.63. The number of amides is 1. The number of hydrogen-bond acceptors (Lipinski definition) is 3. The van der Waals surface area contributed by atoms with Crippen molar-refractivity contribution < 1.29 is 4.79 Å². The van der Waals surface area contributed by atoms with Gasteiger partial charge in [-0.1, -0.05) is 0 Å². The lowest BCUT2D eigenvalue weighted by Gasteiger charge is -2.49. The second kappa shape index (κ2) is 3.51. The Labute approximate surface area is 84.8 Å². The molecule has 2 fully saturated rings. The van der Waals surface area contributed by atoms with Crippen LogP contribution < -0.4 is 11.1 Å². The molecule has 1 amide bonds. The number of rotatable bonds is 1. The van der Waals surface area contributed by atoms with Crippen LogP contribution in [-0.2, 0) is 4.79 Å². The lowest BCUT2D eigenvalue weighted by atomic mass is 9.79. The molecular weight excluding hydrogens is 178 g/mol. The van der Waals surface area contributed by atoms with E-state index in [0.717, 1.165) is 32.5 Å². The van der Waals surface area contributed by atoms with Gasteiger partial charge >= 0.3 is 0 Å². The predicted molar refractivity (Wildman–Crippen MR) is 54.8 cm³/mol. The number of nitrogens with zero attached hydrogens (tertiary/aromatic N) is 1. The molecule has 0 aromatic rings. The largest absolute Gasteiger partial charge is 0.341 e. The maximum absolute atomic E-state index is 11.6. The number of piperidine rings is 1. The lowest BCUT2D eigenvalue weighted by Crippen LogP contribution is -2.63. The van der Waals surface area contributed by atoms with Crippen molar-refractivity contribution in [2.24, 2.45) is 5.73 Å². The van der Waals surface area contributed by atoms with E-state index in [1.54, 1.807) is 6.92 Å². The van der Waals surface area contributed by atoms with Crippen LogP contribution in [0.25, 0.3) is 0 Å². The van der Waals surface area contributed by atoms with Crippen molar-refractivity contribution in [3.05, 3.63) is 0 Å². The Morgan fingerprint density at radius 3 is 2.36 bits per heavy atom. The highest BCUT2D eigenvalue weighted by molar-refractivity contribution is 5.81. The van der Waals surface area contributed by atoms with Gasteiger partial charge in [-0.3, -0.25) is 4.79 Å². The second-order valence-corrected chi connectivity index (χ2v) is 4.57. The van der Waals surface area contributed by atoms with Crippen LogP contribution in [0, 0.1) is 0 Å². The van der Waals surface area contributed by atoms with Crippen LogP contribution in [0.2, 0.25) is 0 Å². The van der Waals surface area contributed by atoms with Gasteiger partial charge in [0.25, 0.3) is 0 Å². The topological polar surface area (TPSA) is 58.4 Å². The van der Waals surface area contributed by atoms with Crippen LogP contribution in [0.5, 0.6) is 0 Å². The Kier molecular flexibility index (Phi) is 2.49. The van der Waals surface area contributed by atoms with E-state index >= 15 is 0 Å². The van der Waals surface area contributed by atoms with Crippen molar-refractivity contribution in [2.75, 3.05) is 19.6 Å². The van der Waals surface area contributed by atoms with Crippen molar-refractivity contribution in [3.63, 3.8) is 0 Å². The van der Waals surface area contributed by atoms with Gasteiger partial charge in [0.05, 0.1) is 6.04 Å². The maximum Gasteiger partial charge on any atom is 0.239 e. The van der Waals surface area contributed by atoms with E-state index in [1.165, 1.54) is 6.42 Å². The first-order valence-electron chi connectivity index (χ1n) is 5.42. The van der Waals surface area contributed by atoms with Crippen LogP contribution >= 0.6 is 0 Å². The molecule has 0 saturated carbocycles. The van der Waals surface area contributed by atoms with E-state index in [9.17, 15) is 4.79 Å². The van der Waals surface area contributed by atoms with E-state index in [-0.39, 0.29) is 11.9 Å². The summed E-state index contributed by atoms with van der Waals surface area (Å²) < 4.78 is 0. The minimum atomic E-state index is -0.349. The van der Waals surface area contributed by atoms with E-state index in [4.69, 9.17) is 5.73 Å². The highest BCUT2D eigenvalue weighted by Crippen LogP contribution is 2.30. The van der Waals surface area contributed by atoms with Crippen molar-refractivity contribution >= 4 is 5.91 Å². The van der Waals surface area contributed by atoms with Crippen molar-refractivity contribution in [1.82, 2.24) is 10.2 Å². The predicted octanol–water partition coefficient (Wildman–Crippen LogP) is -0.312. The first kappa shape index (κ1) is 9.93. The number of nitrogens with two attached hydrogens (primary N) is 1. The number of likely N-dealkylation sites (tertiary alicyclic amines) is 1. The fourth-order valence-electron chi connectivity index (χ4n) is 2.35. The molecule has 1 spiro atoms. The molecule has 1 unspecified atom stereocenters. The molecule has 14 heavy (non-hydrogen) atoms. The Bertz CT molecular complexity index is 226. The zero-order valence-electron chi connectivity index (χ0n) is 8.75. The van der Waals surface area contributed by atoms with Crippen molar-refractivity contribution in [2.45, 2.75) is 37.8 Å². The normalized spacial score (nSPS) is 27.1. The van der Waals surface area contributed by atoms with Gasteiger partial charge < -0.3 is 16.0 Å². The fraction of sp³-hybridized carbons (Fsp3) is 0.900. The lowest BCUT2D eigenvalue weighted by molar-refractivity contribution is -0.134. The molecule has 0 aromatic carbocycles. The molecule has 3 N–H and O–H groups in total. The Morgan fingerprint density at radius 1 is 1.43 bits per heavy atom. The summed E-state index contributed by atoms with van der Waals surface area (Å²) in [5.74, 6) is 0.0965. The van der Waals surface area contributed by atoms with E-state index < -0.39 is 0 Å². The molecule has 1 atom stereocenters. The van der Waals surface area contributed by atoms with Gasteiger partial charge in [-0.2, -0.15) is 0 Å². The Hall–Kier alpha value is -0.610. The summed E-state index contributed by atoms with van der Waals surface area (Å²) in [5, 5.41) is 3.48. The molecule has 0 aliphatic carbocycles. The number of nitrogens with one attached hydrogen (secondary N) is 1. The van der Waals surface area contributed by atoms with Crippen molar-refractivity contribution in [3.8, 4) is 0 Å². The van der Waals surface area contributed by atoms with E-state index in [0.29, 0.717) is 5.54 Å². The molecule has 0 radical (unpaired) electrons. The molecule has 0 aromatic heterocycles. The van der Waals surface area contributed by atoms with Crippen molar-refractivity contribution in [1.29, 1.82) is 0 Å². The van der Waals surface area contributed by atoms with Gasteiger partial charge in [-0.25, -0.2) is 0 Å². The SMILES string of the molecule is CC(N)C(=O)N1CCC2(CCN2)CC1. The second-order valence-electron chi connectivity index (χ2n) is 4.57. The summed E-state index contributed by atoms with van der Waals surface area (Å²) in [4.78, 5) is 13.5. The Balaban J connectivity index is 1.86. The summed E-state index contributed by atoms with van der Waals surface area (Å²) >= 11 is 0. The molecule has 2 heterocycles. The summed E-state index contributed by atoms with van der Waals surface area (Å²) in [6.07, 6.45) is 3.45. The van der Waals surface area contributed by atoms with Gasteiger partial charge in [0.1, 0.15) is 0 Å². The number of carbonyl (C=O) groups is 1. The highest BCUT2D eigenvalue weighted by Gasteiger charge is 2.40. The fourth-order valence-corrected chi connectivity index (χ4v) is 2.35. The van der Waals surface area contributed by atoms with Crippen LogP contribution in [0.15, 0.2) is 0 Å². The summed E-state index contributed by atoms with van der Waals surface area (Å²) in [6, 6.07) is -0.349. The van der Waals surface area contributed by atoms with Crippen LogP contribution in [0.3, 0.4) is 0 Å². The minimum Gasteiger partial charge on any atom is -0.341 e. The molecule has 4 heteroatoms. The summed E-state index contributed by atoms with van der Waals surface area (Å²) in [6.45, 7) is 4.64. The first-order valence-corrected chi connectivity index (χ1v) is 5.42. The smallest absolute Gasteiger partial charge is 0.239 e. The molecule has 0 bridgehead atoms. The average Bonchev–Trinajstić information content (AvgIpc) is 2.14. The summed E-state index contributed by atoms with van der Waals surface area (Å²) in [7, 11) is 0. The average molecular weight is 197 g/mol. The molecule has 2 saturated heterocycles. The Morgan fingerprint density at radius 2 is 2.00 bits per heavy atom. The third-order valence-electron chi connectivity index (χ3n) is 3.53. The molecule has 2 rings (SSSR count). The molecule has 4 nitrogen and oxygen atoms in total. The van der Waals surface area contributed by atoms with Crippen LogP contribution in [0.4, 0.5) is 0 Å². The highest BCUT2D eigenvalue weighted by atomic mass is 16.2. The van der Waals surface area contributed by atoms with Gasteiger partial charge in [-0.05, 0) is 32.7 Å². The third-order valence-corrected chi connectivity index (χ3v) is 3.53. The van der Waals surface area contributed by atoms with E-state index in [2.05, 4.69) is 5.32 Å². The molecule has 2 aliphatic heterocycles.